The Hall–Kier alpha value is -4.06. The van der Waals surface area contributed by atoms with E-state index >= 15 is 0 Å². The number of benzene rings is 3. The Morgan fingerprint density at radius 1 is 0.971 bits per heavy atom. The molecule has 6 nitrogen and oxygen atoms in total. The average Bonchev–Trinajstić information content (AvgIpc) is 2.88. The molecule has 0 aliphatic carbocycles. The molecule has 0 radical (unpaired) electrons. The minimum atomic E-state index is -0.338. The number of nitrogens with zero attached hydrogens (tertiary/aromatic N) is 2. The molecular weight excluding hydrogens is 428 g/mol. The van der Waals surface area contributed by atoms with E-state index < -0.39 is 0 Å². The number of aromatic nitrogens is 1. The molecule has 4 aromatic rings. The van der Waals surface area contributed by atoms with Gasteiger partial charge in [-0.05, 0) is 48.2 Å². The van der Waals surface area contributed by atoms with Crippen LogP contribution in [0.3, 0.4) is 0 Å². The summed E-state index contributed by atoms with van der Waals surface area (Å²) in [4.78, 5) is 17.9. The van der Waals surface area contributed by atoms with Crippen molar-refractivity contribution < 1.29 is 14.6 Å². The van der Waals surface area contributed by atoms with Gasteiger partial charge in [0.05, 0.1) is 31.2 Å². The Morgan fingerprint density at radius 3 is 2.29 bits per heavy atom. The standard InChI is InChI=1S/C28H28N2O4/c1-5-18(2)19-10-12-20(13-11-19)29-17-24-22-8-6-7-9-23(22)27(31)30(28(24)32)21-14-15-25(33-3)26(16-21)34-4/h6-18,32H,5H2,1-4H3. The monoisotopic (exact) mass is 456 g/mol. The molecule has 1 atom stereocenters. The summed E-state index contributed by atoms with van der Waals surface area (Å²) in [5.41, 5.74) is 2.60. The second-order valence-corrected chi connectivity index (χ2v) is 8.12. The maximum absolute atomic E-state index is 13.3. The van der Waals surface area contributed by atoms with Crippen molar-refractivity contribution in [1.29, 1.82) is 0 Å². The topological polar surface area (TPSA) is 73.1 Å². The highest BCUT2D eigenvalue weighted by Gasteiger charge is 2.17. The van der Waals surface area contributed by atoms with E-state index in [-0.39, 0.29) is 11.4 Å². The van der Waals surface area contributed by atoms with Gasteiger partial charge in [-0.2, -0.15) is 0 Å². The van der Waals surface area contributed by atoms with Crippen LogP contribution in [0.1, 0.15) is 37.3 Å². The van der Waals surface area contributed by atoms with Gasteiger partial charge in [-0.25, -0.2) is 4.57 Å². The first-order valence-corrected chi connectivity index (χ1v) is 11.2. The van der Waals surface area contributed by atoms with E-state index in [9.17, 15) is 9.90 Å². The molecule has 3 aromatic carbocycles. The molecular formula is C28H28N2O4. The first-order chi connectivity index (χ1) is 16.5. The summed E-state index contributed by atoms with van der Waals surface area (Å²) in [6.07, 6.45) is 2.67. The third kappa shape index (κ3) is 4.27. The summed E-state index contributed by atoms with van der Waals surface area (Å²) < 4.78 is 12.0. The molecule has 0 aliphatic heterocycles. The molecule has 0 amide bonds. The quantitative estimate of drug-likeness (QED) is 0.347. The van der Waals surface area contributed by atoms with Crippen molar-refractivity contribution >= 4 is 22.7 Å². The fourth-order valence-electron chi connectivity index (χ4n) is 3.96. The number of ether oxygens (including phenoxy) is 2. The van der Waals surface area contributed by atoms with Crippen molar-refractivity contribution in [3.63, 3.8) is 0 Å². The first-order valence-electron chi connectivity index (χ1n) is 11.2. The van der Waals surface area contributed by atoms with Gasteiger partial charge >= 0.3 is 0 Å². The van der Waals surface area contributed by atoms with E-state index in [2.05, 4.69) is 31.0 Å². The number of pyridine rings is 1. The fourth-order valence-corrected chi connectivity index (χ4v) is 3.96. The van der Waals surface area contributed by atoms with Crippen LogP contribution in [0.2, 0.25) is 0 Å². The molecule has 0 saturated heterocycles. The maximum atomic E-state index is 13.3. The van der Waals surface area contributed by atoms with Gasteiger partial charge in [0.15, 0.2) is 11.5 Å². The van der Waals surface area contributed by atoms with E-state index in [1.54, 1.807) is 43.7 Å². The van der Waals surface area contributed by atoms with Crippen molar-refractivity contribution in [3.05, 3.63) is 88.2 Å². The molecule has 6 heteroatoms. The number of fused-ring (bicyclic) bond motifs is 1. The lowest BCUT2D eigenvalue weighted by atomic mass is 9.99. The summed E-state index contributed by atoms with van der Waals surface area (Å²) in [5, 5.41) is 12.3. The van der Waals surface area contributed by atoms with Crippen LogP contribution in [0.4, 0.5) is 5.69 Å². The van der Waals surface area contributed by atoms with Crippen molar-refractivity contribution in [2.75, 3.05) is 14.2 Å². The number of hydrogen-bond acceptors (Lipinski definition) is 5. The summed E-state index contributed by atoms with van der Waals surface area (Å²) >= 11 is 0. The van der Waals surface area contributed by atoms with Crippen molar-refractivity contribution in [2.24, 2.45) is 4.99 Å². The third-order valence-corrected chi connectivity index (χ3v) is 6.15. The van der Waals surface area contributed by atoms with Gasteiger partial charge in [-0.3, -0.25) is 9.79 Å². The van der Waals surface area contributed by atoms with E-state index in [4.69, 9.17) is 9.47 Å². The molecule has 0 spiro atoms. The Morgan fingerprint density at radius 2 is 1.65 bits per heavy atom. The molecule has 1 N–H and O–H groups in total. The van der Waals surface area contributed by atoms with E-state index in [1.165, 1.54) is 17.2 Å². The summed E-state index contributed by atoms with van der Waals surface area (Å²) in [6, 6.07) is 20.3. The Bertz CT molecular complexity index is 1400. The highest BCUT2D eigenvalue weighted by atomic mass is 16.5. The molecule has 1 heterocycles. The maximum Gasteiger partial charge on any atom is 0.265 e. The van der Waals surface area contributed by atoms with Crippen molar-refractivity contribution in [3.8, 4) is 23.1 Å². The molecule has 0 aliphatic rings. The van der Waals surface area contributed by atoms with Gasteiger partial charge in [0.1, 0.15) is 0 Å². The zero-order chi connectivity index (χ0) is 24.2. The lowest BCUT2D eigenvalue weighted by Gasteiger charge is -2.15. The molecule has 1 unspecified atom stereocenters. The van der Waals surface area contributed by atoms with Crippen molar-refractivity contribution in [1.82, 2.24) is 4.57 Å². The van der Waals surface area contributed by atoms with Gasteiger partial charge < -0.3 is 14.6 Å². The average molecular weight is 457 g/mol. The molecule has 0 fully saturated rings. The minimum absolute atomic E-state index is 0.198. The summed E-state index contributed by atoms with van der Waals surface area (Å²) in [7, 11) is 3.07. The third-order valence-electron chi connectivity index (χ3n) is 6.15. The highest BCUT2D eigenvalue weighted by molar-refractivity contribution is 6.02. The fraction of sp³-hybridized carbons (Fsp3) is 0.214. The Labute approximate surface area is 198 Å². The molecule has 1 aromatic heterocycles. The zero-order valence-corrected chi connectivity index (χ0v) is 19.8. The molecule has 0 saturated carbocycles. The predicted octanol–water partition coefficient (Wildman–Crippen LogP) is 5.98. The number of hydrogen-bond donors (Lipinski definition) is 1. The van der Waals surface area contributed by atoms with Crippen LogP contribution in [-0.4, -0.2) is 30.1 Å². The lowest BCUT2D eigenvalue weighted by Crippen LogP contribution is -2.20. The normalized spacial score (nSPS) is 12.2. The minimum Gasteiger partial charge on any atom is -0.494 e. The van der Waals surface area contributed by atoms with Gasteiger partial charge in [-0.15, -0.1) is 0 Å². The summed E-state index contributed by atoms with van der Waals surface area (Å²) in [6.45, 7) is 4.36. The van der Waals surface area contributed by atoms with Crippen LogP contribution in [0, 0.1) is 0 Å². The van der Waals surface area contributed by atoms with Crippen molar-refractivity contribution in [2.45, 2.75) is 26.2 Å². The molecule has 174 valence electrons. The molecule has 0 bridgehead atoms. The first kappa shape index (κ1) is 23.1. The van der Waals surface area contributed by atoms with E-state index in [0.717, 1.165) is 12.1 Å². The van der Waals surface area contributed by atoms with E-state index in [0.29, 0.717) is 39.4 Å². The second-order valence-electron chi connectivity index (χ2n) is 8.12. The molecule has 34 heavy (non-hydrogen) atoms. The Balaban J connectivity index is 1.86. The Kier molecular flexibility index (Phi) is 6.68. The number of aliphatic imine (C=N–C) groups is 1. The van der Waals surface area contributed by atoms with Gasteiger partial charge in [0.25, 0.3) is 5.56 Å². The second kappa shape index (κ2) is 9.83. The lowest BCUT2D eigenvalue weighted by molar-refractivity contribution is 0.354. The number of aromatic hydroxyl groups is 1. The van der Waals surface area contributed by atoms with Gasteiger partial charge in [0, 0.05) is 23.1 Å². The van der Waals surface area contributed by atoms with Crippen LogP contribution < -0.4 is 15.0 Å². The smallest absolute Gasteiger partial charge is 0.265 e. The largest absolute Gasteiger partial charge is 0.494 e. The highest BCUT2D eigenvalue weighted by Crippen LogP contribution is 2.32. The van der Waals surface area contributed by atoms with Crippen LogP contribution >= 0.6 is 0 Å². The van der Waals surface area contributed by atoms with Crippen LogP contribution in [-0.2, 0) is 0 Å². The number of rotatable bonds is 7. The zero-order valence-electron chi connectivity index (χ0n) is 19.8. The predicted molar refractivity (Wildman–Crippen MR) is 137 cm³/mol. The van der Waals surface area contributed by atoms with Gasteiger partial charge in [0.2, 0.25) is 5.88 Å². The number of methoxy groups -OCH3 is 2. The SMILES string of the molecule is CCC(C)c1ccc(N=Cc2c(O)n(-c3ccc(OC)c(OC)c3)c(=O)c3ccccc23)cc1. The van der Waals surface area contributed by atoms with Crippen LogP contribution in [0.25, 0.3) is 16.5 Å². The van der Waals surface area contributed by atoms with Gasteiger partial charge in [-0.1, -0.05) is 44.2 Å². The van der Waals surface area contributed by atoms with E-state index in [1.807, 2.05) is 24.3 Å². The van der Waals surface area contributed by atoms with Crippen LogP contribution in [0.15, 0.2) is 76.5 Å². The summed E-state index contributed by atoms with van der Waals surface area (Å²) in [5.74, 6) is 1.27. The molecule has 4 rings (SSSR count). The van der Waals surface area contributed by atoms with Crippen LogP contribution in [0.5, 0.6) is 17.4 Å².